The van der Waals surface area contributed by atoms with Gasteiger partial charge < -0.3 is 15.1 Å². The van der Waals surface area contributed by atoms with Crippen LogP contribution in [0.1, 0.15) is 63.5 Å². The molecule has 2 aromatic rings. The van der Waals surface area contributed by atoms with Crippen molar-refractivity contribution in [2.24, 2.45) is 5.41 Å². The van der Waals surface area contributed by atoms with E-state index in [-0.39, 0.29) is 46.9 Å². The van der Waals surface area contributed by atoms with Crippen LogP contribution in [-0.4, -0.2) is 52.1 Å². The molecule has 39 heavy (non-hydrogen) atoms. The molecule has 3 rings (SSSR count). The highest BCUT2D eigenvalue weighted by Crippen LogP contribution is 2.56. The molecule has 0 unspecified atom stereocenters. The quantitative estimate of drug-likeness (QED) is 0.358. The maximum absolute atomic E-state index is 15.7. The van der Waals surface area contributed by atoms with Gasteiger partial charge in [0, 0.05) is 22.9 Å². The fourth-order valence-electron chi connectivity index (χ4n) is 5.70. The molecule has 1 aliphatic rings. The van der Waals surface area contributed by atoms with Crippen molar-refractivity contribution in [3.8, 4) is 6.07 Å². The predicted octanol–water partition coefficient (Wildman–Crippen LogP) is 5.55. The van der Waals surface area contributed by atoms with Crippen molar-refractivity contribution in [3.63, 3.8) is 0 Å². The number of hydrogen-bond donors (Lipinski definition) is 2. The Morgan fingerprint density at radius 1 is 1.26 bits per heavy atom. The van der Waals surface area contributed by atoms with Gasteiger partial charge in [-0.2, -0.15) is 5.26 Å². The van der Waals surface area contributed by atoms with Gasteiger partial charge in [0.2, 0.25) is 6.41 Å². The standard InChI is InChI=1S/C29H32Cl2F2N2O4/c1-28(2,3)13-24-29(15-34,20-11-10-17(30)12-22(20)32)25(19-7-5-8-21(31)26(19)33)27(35(24)16-37)23(39)9-4-6-18(38)14-36/h5,7-8,10-12,16,18,24-25,27,36,38H,4,6,9,13-14H2,1-3H3/t18-,24-,25-,27-,29-/m0/s1. The highest BCUT2D eigenvalue weighted by Gasteiger charge is 2.64. The number of likely N-dealkylation sites (tertiary alicyclic amines) is 1. The Hall–Kier alpha value is -2.57. The zero-order valence-corrected chi connectivity index (χ0v) is 23.5. The Morgan fingerprint density at radius 2 is 1.95 bits per heavy atom. The number of ketones is 1. The van der Waals surface area contributed by atoms with Gasteiger partial charge in [0.05, 0.1) is 35.9 Å². The molecule has 2 aromatic carbocycles. The molecule has 2 N–H and O–H groups in total. The van der Waals surface area contributed by atoms with Gasteiger partial charge >= 0.3 is 0 Å². The number of hydrogen-bond acceptors (Lipinski definition) is 5. The molecular weight excluding hydrogens is 549 g/mol. The van der Waals surface area contributed by atoms with Gasteiger partial charge in [0.15, 0.2) is 5.78 Å². The van der Waals surface area contributed by atoms with Crippen molar-refractivity contribution < 1.29 is 28.6 Å². The maximum Gasteiger partial charge on any atom is 0.210 e. The summed E-state index contributed by atoms with van der Waals surface area (Å²) < 4.78 is 31.4. The van der Waals surface area contributed by atoms with Crippen LogP contribution in [0.2, 0.25) is 10.0 Å². The number of amides is 1. The van der Waals surface area contributed by atoms with Crippen LogP contribution >= 0.6 is 23.2 Å². The minimum absolute atomic E-state index is 0.0857. The Morgan fingerprint density at radius 3 is 2.51 bits per heavy atom. The third kappa shape index (κ3) is 6.12. The minimum atomic E-state index is -1.89. The lowest BCUT2D eigenvalue weighted by molar-refractivity contribution is -0.132. The smallest absolute Gasteiger partial charge is 0.210 e. The molecule has 0 aliphatic carbocycles. The van der Waals surface area contributed by atoms with Gasteiger partial charge in [-0.3, -0.25) is 9.59 Å². The van der Waals surface area contributed by atoms with Crippen LogP contribution in [0.5, 0.6) is 0 Å². The van der Waals surface area contributed by atoms with Crippen LogP contribution in [0.25, 0.3) is 0 Å². The molecule has 0 spiro atoms. The van der Waals surface area contributed by atoms with Crippen LogP contribution in [0, 0.1) is 28.4 Å². The number of Topliss-reactive ketones (excluding diaryl/α,β-unsaturated/α-hetero) is 1. The summed E-state index contributed by atoms with van der Waals surface area (Å²) in [6.45, 7) is 5.18. The van der Waals surface area contributed by atoms with E-state index in [4.69, 9.17) is 28.3 Å². The van der Waals surface area contributed by atoms with Gasteiger partial charge in [-0.05, 0) is 48.4 Å². The summed E-state index contributed by atoms with van der Waals surface area (Å²) in [5.74, 6) is -3.49. The van der Waals surface area contributed by atoms with Crippen LogP contribution in [0.4, 0.5) is 8.78 Å². The van der Waals surface area contributed by atoms with Crippen molar-refractivity contribution in [1.82, 2.24) is 4.90 Å². The molecule has 210 valence electrons. The molecule has 0 saturated carbocycles. The molecule has 1 fully saturated rings. The van der Waals surface area contributed by atoms with E-state index in [1.165, 1.54) is 35.2 Å². The van der Waals surface area contributed by atoms with Crippen LogP contribution < -0.4 is 0 Å². The highest BCUT2D eigenvalue weighted by molar-refractivity contribution is 6.31. The lowest BCUT2D eigenvalue weighted by Gasteiger charge is -2.38. The lowest BCUT2D eigenvalue weighted by Crippen LogP contribution is -2.46. The van der Waals surface area contributed by atoms with Crippen molar-refractivity contribution in [2.75, 3.05) is 6.61 Å². The number of rotatable bonds is 10. The second-order valence-electron chi connectivity index (χ2n) is 11.2. The van der Waals surface area contributed by atoms with E-state index in [2.05, 4.69) is 6.07 Å². The normalized spacial score (nSPS) is 23.9. The second-order valence-corrected chi connectivity index (χ2v) is 12.0. The summed E-state index contributed by atoms with van der Waals surface area (Å²) in [6.07, 6.45) is -0.214. The molecule has 1 saturated heterocycles. The Kier molecular flexibility index (Phi) is 9.77. The van der Waals surface area contributed by atoms with E-state index in [1.54, 1.807) is 0 Å². The van der Waals surface area contributed by atoms with E-state index in [0.29, 0.717) is 6.41 Å². The van der Waals surface area contributed by atoms with E-state index >= 15 is 8.78 Å². The third-order valence-electron chi connectivity index (χ3n) is 7.32. The topological polar surface area (TPSA) is 102 Å². The Labute approximate surface area is 237 Å². The SMILES string of the molecule is CC(C)(C)C[C@@H]1N(C=O)[C@@H](C(=O)CCC[C@H](O)CO)[C@H](c2cccc(Cl)c2F)[C@@]1(C#N)c1ccc(Cl)cc1F. The average Bonchev–Trinajstić information content (AvgIpc) is 3.13. The van der Waals surface area contributed by atoms with Crippen LogP contribution in [0.15, 0.2) is 36.4 Å². The number of benzene rings is 2. The molecular formula is C29H32Cl2F2N2O4. The maximum atomic E-state index is 15.7. The number of halogens is 4. The fourth-order valence-corrected chi connectivity index (χ4v) is 6.04. The summed E-state index contributed by atoms with van der Waals surface area (Å²) in [4.78, 5) is 27.8. The molecule has 1 aliphatic heterocycles. The molecule has 5 atom stereocenters. The Balaban J connectivity index is 2.35. The number of aliphatic hydroxyl groups is 2. The number of aliphatic hydroxyl groups excluding tert-OH is 2. The first-order valence-electron chi connectivity index (χ1n) is 12.7. The van der Waals surface area contributed by atoms with E-state index in [0.717, 1.165) is 6.07 Å². The van der Waals surface area contributed by atoms with Crippen molar-refractivity contribution >= 4 is 35.4 Å². The minimum Gasteiger partial charge on any atom is -0.394 e. The fraction of sp³-hybridized carbons (Fsp3) is 0.483. The monoisotopic (exact) mass is 580 g/mol. The van der Waals surface area contributed by atoms with E-state index in [9.17, 15) is 20.0 Å². The number of nitrogens with zero attached hydrogens (tertiary/aromatic N) is 2. The lowest BCUT2D eigenvalue weighted by atomic mass is 9.62. The molecule has 0 bridgehead atoms. The second kappa shape index (κ2) is 12.3. The highest BCUT2D eigenvalue weighted by atomic mass is 35.5. The van der Waals surface area contributed by atoms with Crippen LogP contribution in [0.3, 0.4) is 0 Å². The Bertz CT molecular complexity index is 1260. The van der Waals surface area contributed by atoms with Gasteiger partial charge in [-0.1, -0.05) is 62.2 Å². The zero-order chi connectivity index (χ0) is 29.1. The van der Waals surface area contributed by atoms with E-state index < -0.39 is 59.0 Å². The first-order valence-corrected chi connectivity index (χ1v) is 13.4. The summed E-state index contributed by atoms with van der Waals surface area (Å²) in [7, 11) is 0. The predicted molar refractivity (Wildman–Crippen MR) is 144 cm³/mol. The van der Waals surface area contributed by atoms with Gasteiger partial charge in [-0.15, -0.1) is 0 Å². The third-order valence-corrected chi connectivity index (χ3v) is 7.85. The first-order chi connectivity index (χ1) is 18.3. The number of nitriles is 1. The van der Waals surface area contributed by atoms with Crippen molar-refractivity contribution in [1.29, 1.82) is 5.26 Å². The molecule has 10 heteroatoms. The largest absolute Gasteiger partial charge is 0.394 e. The first kappa shape index (κ1) is 31.0. The number of carbonyl (C=O) groups excluding carboxylic acids is 2. The summed E-state index contributed by atoms with van der Waals surface area (Å²) in [5, 5.41) is 29.6. The van der Waals surface area contributed by atoms with Crippen molar-refractivity contribution in [2.45, 2.75) is 76.0 Å². The van der Waals surface area contributed by atoms with Crippen molar-refractivity contribution in [3.05, 3.63) is 69.2 Å². The van der Waals surface area contributed by atoms with Crippen LogP contribution in [-0.2, 0) is 15.0 Å². The summed E-state index contributed by atoms with van der Waals surface area (Å²) in [6, 6.07) is 7.89. The van der Waals surface area contributed by atoms with Gasteiger partial charge in [0.1, 0.15) is 17.0 Å². The molecule has 6 nitrogen and oxygen atoms in total. The van der Waals surface area contributed by atoms with E-state index in [1.807, 2.05) is 20.8 Å². The molecule has 1 heterocycles. The zero-order valence-electron chi connectivity index (χ0n) is 22.0. The summed E-state index contributed by atoms with van der Waals surface area (Å²) >= 11 is 12.2. The molecule has 1 amide bonds. The average molecular weight is 581 g/mol. The molecule has 0 radical (unpaired) electrons. The number of carbonyl (C=O) groups is 2. The van der Waals surface area contributed by atoms with Gasteiger partial charge in [0.25, 0.3) is 0 Å². The molecule has 0 aromatic heterocycles. The summed E-state index contributed by atoms with van der Waals surface area (Å²) in [5.41, 5.74) is -2.57. The van der Waals surface area contributed by atoms with Gasteiger partial charge in [-0.25, -0.2) is 8.78 Å².